The molecular formula is C20H24N4O3S3. The fourth-order valence-electron chi connectivity index (χ4n) is 3.56. The topological polar surface area (TPSA) is 73.8 Å². The van der Waals surface area contributed by atoms with E-state index < -0.39 is 16.1 Å². The Morgan fingerprint density at radius 3 is 2.70 bits per heavy atom. The van der Waals surface area contributed by atoms with Crippen molar-refractivity contribution in [2.75, 3.05) is 38.6 Å². The molecule has 1 atom stereocenters. The number of sulfonamides is 1. The van der Waals surface area contributed by atoms with Gasteiger partial charge in [0, 0.05) is 19.6 Å². The zero-order chi connectivity index (χ0) is 21.3. The van der Waals surface area contributed by atoms with Gasteiger partial charge in [0.15, 0.2) is 5.13 Å². The molecule has 0 aliphatic carbocycles. The highest BCUT2D eigenvalue weighted by Crippen LogP contribution is 2.33. The molecule has 1 unspecified atom stereocenters. The van der Waals surface area contributed by atoms with Crippen molar-refractivity contribution in [1.29, 1.82) is 0 Å². The van der Waals surface area contributed by atoms with E-state index in [1.165, 1.54) is 27.0 Å². The number of amides is 1. The number of para-hydroxylation sites is 1. The van der Waals surface area contributed by atoms with E-state index in [4.69, 9.17) is 0 Å². The molecule has 4 rings (SSSR count). The molecule has 1 aliphatic rings. The minimum atomic E-state index is -3.68. The molecule has 0 spiro atoms. The Labute approximate surface area is 184 Å². The van der Waals surface area contributed by atoms with Crippen LogP contribution in [0.15, 0.2) is 46.0 Å². The van der Waals surface area contributed by atoms with Gasteiger partial charge in [0.1, 0.15) is 10.3 Å². The summed E-state index contributed by atoms with van der Waals surface area (Å²) in [7, 11) is 0.213. The van der Waals surface area contributed by atoms with Crippen molar-refractivity contribution in [3.05, 3.63) is 41.8 Å². The van der Waals surface area contributed by atoms with Crippen molar-refractivity contribution in [2.45, 2.75) is 23.1 Å². The van der Waals surface area contributed by atoms with E-state index in [0.717, 1.165) is 10.2 Å². The van der Waals surface area contributed by atoms with Crippen LogP contribution in [-0.4, -0.2) is 68.3 Å². The van der Waals surface area contributed by atoms with Crippen LogP contribution >= 0.6 is 22.7 Å². The third-order valence-electron chi connectivity index (χ3n) is 5.10. The van der Waals surface area contributed by atoms with E-state index in [0.29, 0.717) is 37.6 Å². The number of thiophene rings is 1. The fourth-order valence-corrected chi connectivity index (χ4v) is 7.32. The molecule has 0 bridgehead atoms. The highest BCUT2D eigenvalue weighted by atomic mass is 32.2. The number of carbonyl (C=O) groups excluding carboxylic acids is 1. The van der Waals surface area contributed by atoms with Gasteiger partial charge in [0.2, 0.25) is 5.91 Å². The zero-order valence-electron chi connectivity index (χ0n) is 16.9. The largest absolute Gasteiger partial charge is 0.308 e. The van der Waals surface area contributed by atoms with Crippen LogP contribution in [0.4, 0.5) is 5.13 Å². The van der Waals surface area contributed by atoms with Crippen LogP contribution in [0, 0.1) is 0 Å². The van der Waals surface area contributed by atoms with Crippen LogP contribution < -0.4 is 4.90 Å². The van der Waals surface area contributed by atoms with Crippen LogP contribution in [-0.2, 0) is 14.8 Å². The maximum Gasteiger partial charge on any atom is 0.253 e. The molecule has 0 N–H and O–H groups in total. The van der Waals surface area contributed by atoms with Crippen molar-refractivity contribution in [1.82, 2.24) is 14.2 Å². The lowest BCUT2D eigenvalue weighted by Gasteiger charge is -2.29. The van der Waals surface area contributed by atoms with Gasteiger partial charge in [-0.2, -0.15) is 4.31 Å². The second-order valence-electron chi connectivity index (χ2n) is 7.46. The van der Waals surface area contributed by atoms with Gasteiger partial charge >= 0.3 is 0 Å². The number of aromatic nitrogens is 1. The maximum atomic E-state index is 13.6. The minimum Gasteiger partial charge on any atom is -0.308 e. The molecule has 0 saturated carbocycles. The molecule has 1 fully saturated rings. The molecule has 0 radical (unpaired) electrons. The van der Waals surface area contributed by atoms with E-state index in [-0.39, 0.29) is 10.1 Å². The first kappa shape index (κ1) is 21.4. The van der Waals surface area contributed by atoms with Crippen molar-refractivity contribution < 1.29 is 13.2 Å². The number of thiazole rings is 1. The number of rotatable bonds is 7. The number of nitrogens with zero attached hydrogens (tertiary/aromatic N) is 4. The normalized spacial score (nSPS) is 17.8. The third-order valence-corrected chi connectivity index (χ3v) is 9.44. The number of carbonyl (C=O) groups is 1. The number of likely N-dealkylation sites (N-methyl/N-ethyl adjacent to an activating group) is 1. The summed E-state index contributed by atoms with van der Waals surface area (Å²) in [4.78, 5) is 22.0. The average molecular weight is 465 g/mol. The lowest BCUT2D eigenvalue weighted by atomic mass is 10.2. The standard InChI is InChI=1S/C20H24N4O3S3/c1-22(2)12-13-23(20-21-15-7-3-4-9-17(15)29-20)19(25)16-8-5-11-24(16)30(26,27)18-10-6-14-28-18/h3-4,6-7,9-10,14,16H,5,8,11-13H2,1-2H3. The van der Waals surface area contributed by atoms with Crippen molar-refractivity contribution in [3.63, 3.8) is 0 Å². The Kier molecular flexibility index (Phi) is 6.21. The lowest BCUT2D eigenvalue weighted by Crippen LogP contribution is -2.49. The molecule has 160 valence electrons. The maximum absolute atomic E-state index is 13.6. The molecule has 1 aliphatic heterocycles. The predicted molar refractivity (Wildman–Crippen MR) is 122 cm³/mol. The summed E-state index contributed by atoms with van der Waals surface area (Å²) in [6.07, 6.45) is 1.19. The second-order valence-corrected chi connectivity index (χ2v) is 11.5. The molecule has 30 heavy (non-hydrogen) atoms. The Morgan fingerprint density at radius 1 is 1.20 bits per heavy atom. The average Bonchev–Trinajstić information content (AvgIpc) is 3.47. The first-order valence-corrected chi connectivity index (χ1v) is 12.9. The van der Waals surface area contributed by atoms with Crippen molar-refractivity contribution in [2.24, 2.45) is 0 Å². The number of hydrogen-bond donors (Lipinski definition) is 0. The minimum absolute atomic E-state index is 0.200. The van der Waals surface area contributed by atoms with Gasteiger partial charge in [-0.25, -0.2) is 13.4 Å². The highest BCUT2D eigenvalue weighted by Gasteiger charge is 2.42. The summed E-state index contributed by atoms with van der Waals surface area (Å²) in [5.41, 5.74) is 0.842. The summed E-state index contributed by atoms with van der Waals surface area (Å²) in [6, 6.07) is 10.4. The van der Waals surface area contributed by atoms with Gasteiger partial charge in [-0.05, 0) is 50.5 Å². The summed E-state index contributed by atoms with van der Waals surface area (Å²) in [5.74, 6) is -0.200. The van der Waals surface area contributed by atoms with E-state index in [2.05, 4.69) is 4.98 Å². The molecule has 3 heterocycles. The van der Waals surface area contributed by atoms with Crippen LogP contribution in [0.3, 0.4) is 0 Å². The smallest absolute Gasteiger partial charge is 0.253 e. The number of fused-ring (bicyclic) bond motifs is 1. The number of hydrogen-bond acceptors (Lipinski definition) is 7. The number of benzene rings is 1. The predicted octanol–water partition coefficient (Wildman–Crippen LogP) is 3.11. The molecule has 7 nitrogen and oxygen atoms in total. The first-order valence-electron chi connectivity index (χ1n) is 9.75. The summed E-state index contributed by atoms with van der Waals surface area (Å²) in [6.45, 7) is 1.47. The Balaban J connectivity index is 1.66. The van der Waals surface area contributed by atoms with E-state index in [9.17, 15) is 13.2 Å². The molecule has 1 saturated heterocycles. The van der Waals surface area contributed by atoms with Crippen LogP contribution in [0.25, 0.3) is 10.2 Å². The molecule has 2 aromatic heterocycles. The van der Waals surface area contributed by atoms with E-state index >= 15 is 0 Å². The first-order chi connectivity index (χ1) is 14.4. The molecule has 1 amide bonds. The van der Waals surface area contributed by atoms with Gasteiger partial charge in [-0.3, -0.25) is 9.69 Å². The third kappa shape index (κ3) is 4.15. The summed E-state index contributed by atoms with van der Waals surface area (Å²) in [5, 5.41) is 2.35. The highest BCUT2D eigenvalue weighted by molar-refractivity contribution is 7.91. The molecule has 10 heteroatoms. The monoisotopic (exact) mass is 464 g/mol. The van der Waals surface area contributed by atoms with Crippen molar-refractivity contribution in [3.8, 4) is 0 Å². The molecule has 1 aromatic carbocycles. The van der Waals surface area contributed by atoms with Gasteiger partial charge < -0.3 is 4.90 Å². The summed E-state index contributed by atoms with van der Waals surface area (Å²) < 4.78 is 28.9. The number of anilines is 1. The Bertz CT molecular complexity index is 1090. The molecule has 3 aromatic rings. The fraction of sp³-hybridized carbons (Fsp3) is 0.400. The van der Waals surface area contributed by atoms with Crippen LogP contribution in [0.2, 0.25) is 0 Å². The van der Waals surface area contributed by atoms with Crippen LogP contribution in [0.5, 0.6) is 0 Å². The van der Waals surface area contributed by atoms with Gasteiger partial charge in [0.25, 0.3) is 10.0 Å². The van der Waals surface area contributed by atoms with Crippen LogP contribution in [0.1, 0.15) is 12.8 Å². The van der Waals surface area contributed by atoms with E-state index in [1.807, 2.05) is 43.3 Å². The zero-order valence-corrected chi connectivity index (χ0v) is 19.3. The van der Waals surface area contributed by atoms with Gasteiger partial charge in [0.05, 0.1) is 10.2 Å². The Morgan fingerprint density at radius 2 is 2.00 bits per heavy atom. The van der Waals surface area contributed by atoms with E-state index in [1.54, 1.807) is 22.4 Å². The van der Waals surface area contributed by atoms with Gasteiger partial charge in [-0.15, -0.1) is 11.3 Å². The Hall–Kier alpha value is -1.85. The van der Waals surface area contributed by atoms with Gasteiger partial charge in [-0.1, -0.05) is 29.5 Å². The summed E-state index contributed by atoms with van der Waals surface area (Å²) >= 11 is 2.64. The lowest BCUT2D eigenvalue weighted by molar-refractivity contribution is -0.121. The van der Waals surface area contributed by atoms with Crippen molar-refractivity contribution >= 4 is 54.0 Å². The second kappa shape index (κ2) is 8.72. The SMILES string of the molecule is CN(C)CCN(C(=O)C1CCCN1S(=O)(=O)c1cccs1)c1nc2ccccc2s1. The molecular weight excluding hydrogens is 440 g/mol. The quantitative estimate of drug-likeness (QED) is 0.537.